The highest BCUT2D eigenvalue weighted by atomic mass is 16.5. The van der Waals surface area contributed by atoms with Gasteiger partial charge in [-0.05, 0) is 37.8 Å². The first-order chi connectivity index (χ1) is 12.7. The van der Waals surface area contributed by atoms with E-state index in [9.17, 15) is 9.90 Å². The Labute approximate surface area is 158 Å². The molecule has 0 unspecified atom stereocenters. The molecule has 0 spiro atoms. The van der Waals surface area contributed by atoms with E-state index in [0.29, 0.717) is 35.4 Å². The van der Waals surface area contributed by atoms with E-state index < -0.39 is 12.1 Å². The summed E-state index contributed by atoms with van der Waals surface area (Å²) in [7, 11) is 0. The number of rotatable bonds is 2. The van der Waals surface area contributed by atoms with E-state index in [1.807, 2.05) is 31.2 Å². The molecule has 0 saturated heterocycles. The number of carbonyl (C=O) groups excluding carboxylic acids is 1. The number of ether oxygens (including phenoxy) is 1. The predicted octanol–water partition coefficient (Wildman–Crippen LogP) is 4.67. The molecule has 4 rings (SSSR count). The lowest BCUT2D eigenvalue weighted by molar-refractivity contribution is 0.0692. The molecule has 1 atom stereocenters. The van der Waals surface area contributed by atoms with Crippen LogP contribution in [-0.4, -0.2) is 16.1 Å². The maximum atomic E-state index is 12.8. The number of esters is 1. The van der Waals surface area contributed by atoms with Crippen LogP contribution in [0.4, 0.5) is 0 Å². The highest BCUT2D eigenvalue weighted by molar-refractivity contribution is 5.93. The molecule has 5 nitrogen and oxygen atoms in total. The second-order valence-electron chi connectivity index (χ2n) is 8.12. The third-order valence-electron chi connectivity index (χ3n) is 5.20. The number of fused-ring (bicyclic) bond motifs is 2. The van der Waals surface area contributed by atoms with E-state index in [-0.39, 0.29) is 11.2 Å². The summed E-state index contributed by atoms with van der Waals surface area (Å²) >= 11 is 0. The number of aryl methyl sites for hydroxylation is 1. The van der Waals surface area contributed by atoms with Crippen LogP contribution < -0.4 is 4.74 Å². The van der Waals surface area contributed by atoms with Gasteiger partial charge in [0, 0.05) is 28.6 Å². The van der Waals surface area contributed by atoms with Crippen LogP contribution in [0.25, 0.3) is 10.9 Å². The Kier molecular flexibility index (Phi) is 4.07. The summed E-state index contributed by atoms with van der Waals surface area (Å²) < 4.78 is 11.5. The molecule has 5 heteroatoms. The Morgan fingerprint density at radius 3 is 2.81 bits per heavy atom. The Bertz CT molecular complexity index is 1050. The average Bonchev–Trinajstić information content (AvgIpc) is 2.90. The topological polar surface area (TPSA) is 72.6 Å². The van der Waals surface area contributed by atoms with Gasteiger partial charge in [0.15, 0.2) is 5.75 Å². The van der Waals surface area contributed by atoms with Gasteiger partial charge in [0.05, 0.1) is 6.10 Å². The van der Waals surface area contributed by atoms with Crippen LogP contribution in [0, 0.1) is 19.3 Å². The van der Waals surface area contributed by atoms with E-state index in [4.69, 9.17) is 9.15 Å². The standard InChI is InChI=1S/C22H23NO4/c1-12-8-9-14-6-5-7-16(19(14)23-12)27-21(25)20-13(2)18-15(24)10-22(3,4)11-17(18)26-20/h5-9,15,24H,10-11H2,1-4H3/t15-/m0/s1. The molecule has 3 aromatic rings. The summed E-state index contributed by atoms with van der Waals surface area (Å²) in [6.07, 6.45) is 0.695. The van der Waals surface area contributed by atoms with Gasteiger partial charge in [-0.3, -0.25) is 0 Å². The minimum atomic E-state index is -0.629. The van der Waals surface area contributed by atoms with Crippen molar-refractivity contribution >= 4 is 16.9 Å². The molecule has 140 valence electrons. The third kappa shape index (κ3) is 3.12. The molecule has 0 fully saturated rings. The summed E-state index contributed by atoms with van der Waals surface area (Å²) in [5.41, 5.74) is 2.80. The fourth-order valence-electron chi connectivity index (χ4n) is 3.93. The van der Waals surface area contributed by atoms with Crippen molar-refractivity contribution < 1.29 is 19.1 Å². The fourth-order valence-corrected chi connectivity index (χ4v) is 3.93. The molecule has 1 aliphatic rings. The monoisotopic (exact) mass is 365 g/mol. The minimum absolute atomic E-state index is 0.0744. The Hall–Kier alpha value is -2.66. The summed E-state index contributed by atoms with van der Waals surface area (Å²) in [4.78, 5) is 17.3. The SMILES string of the molecule is Cc1ccc2cccc(OC(=O)c3oc4c(c3C)[C@@H](O)CC(C)(C)C4)c2n1. The van der Waals surface area contributed by atoms with Crippen molar-refractivity contribution in [2.75, 3.05) is 0 Å². The van der Waals surface area contributed by atoms with Gasteiger partial charge in [0.25, 0.3) is 0 Å². The number of carbonyl (C=O) groups is 1. The molecule has 2 heterocycles. The summed E-state index contributed by atoms with van der Waals surface area (Å²) in [6.45, 7) is 7.86. The van der Waals surface area contributed by atoms with Crippen LogP contribution in [0.1, 0.15) is 59.5 Å². The smallest absolute Gasteiger partial charge is 0.379 e. The number of hydrogen-bond acceptors (Lipinski definition) is 5. The van der Waals surface area contributed by atoms with E-state index in [2.05, 4.69) is 18.8 Å². The van der Waals surface area contributed by atoms with Crippen molar-refractivity contribution in [3.05, 3.63) is 58.7 Å². The Morgan fingerprint density at radius 1 is 1.26 bits per heavy atom. The first-order valence-electron chi connectivity index (χ1n) is 9.14. The quantitative estimate of drug-likeness (QED) is 0.528. The number of aromatic nitrogens is 1. The second kappa shape index (κ2) is 6.20. The van der Waals surface area contributed by atoms with Gasteiger partial charge >= 0.3 is 5.97 Å². The van der Waals surface area contributed by atoms with Crippen molar-refractivity contribution in [1.82, 2.24) is 4.98 Å². The molecule has 0 saturated carbocycles. The molecule has 0 bridgehead atoms. The maximum Gasteiger partial charge on any atom is 0.379 e. The number of furan rings is 1. The lowest BCUT2D eigenvalue weighted by Crippen LogP contribution is -2.24. The number of nitrogens with zero attached hydrogens (tertiary/aromatic N) is 1. The zero-order valence-electron chi connectivity index (χ0n) is 16.0. The summed E-state index contributed by atoms with van der Waals surface area (Å²) in [5.74, 6) is 0.662. The first-order valence-corrected chi connectivity index (χ1v) is 9.14. The third-order valence-corrected chi connectivity index (χ3v) is 5.20. The zero-order chi connectivity index (χ0) is 19.3. The van der Waals surface area contributed by atoms with Crippen LogP contribution in [-0.2, 0) is 6.42 Å². The molecule has 0 amide bonds. The van der Waals surface area contributed by atoms with Gasteiger partial charge in [0.1, 0.15) is 11.3 Å². The zero-order valence-corrected chi connectivity index (χ0v) is 16.0. The van der Waals surface area contributed by atoms with Gasteiger partial charge in [0.2, 0.25) is 5.76 Å². The summed E-state index contributed by atoms with van der Waals surface area (Å²) in [5, 5.41) is 11.4. The molecule has 1 aromatic carbocycles. The summed E-state index contributed by atoms with van der Waals surface area (Å²) in [6, 6.07) is 9.34. The van der Waals surface area contributed by atoms with Gasteiger partial charge in [-0.15, -0.1) is 0 Å². The van der Waals surface area contributed by atoms with Gasteiger partial charge < -0.3 is 14.3 Å². The predicted molar refractivity (Wildman–Crippen MR) is 102 cm³/mol. The minimum Gasteiger partial charge on any atom is -0.453 e. The highest BCUT2D eigenvalue weighted by Gasteiger charge is 2.37. The van der Waals surface area contributed by atoms with Crippen LogP contribution in [0.5, 0.6) is 5.75 Å². The lowest BCUT2D eigenvalue weighted by Gasteiger charge is -2.31. The normalized spacial score (nSPS) is 18.3. The molecule has 0 radical (unpaired) electrons. The van der Waals surface area contributed by atoms with Crippen molar-refractivity contribution in [2.45, 2.75) is 46.6 Å². The van der Waals surface area contributed by atoms with Gasteiger partial charge in [-0.1, -0.05) is 32.0 Å². The van der Waals surface area contributed by atoms with Crippen LogP contribution in [0.3, 0.4) is 0 Å². The van der Waals surface area contributed by atoms with Crippen LogP contribution >= 0.6 is 0 Å². The molecule has 0 aliphatic heterocycles. The number of benzene rings is 1. The van der Waals surface area contributed by atoms with Crippen LogP contribution in [0.2, 0.25) is 0 Å². The molecular formula is C22H23NO4. The molecule has 1 N–H and O–H groups in total. The van der Waals surface area contributed by atoms with Crippen molar-refractivity contribution in [3.63, 3.8) is 0 Å². The number of hydrogen-bond donors (Lipinski definition) is 1. The number of aliphatic hydroxyl groups is 1. The Morgan fingerprint density at radius 2 is 2.04 bits per heavy atom. The molecule has 2 aromatic heterocycles. The van der Waals surface area contributed by atoms with Crippen molar-refractivity contribution in [3.8, 4) is 5.75 Å². The van der Waals surface area contributed by atoms with Crippen molar-refractivity contribution in [1.29, 1.82) is 0 Å². The Balaban J connectivity index is 1.70. The average molecular weight is 365 g/mol. The van der Waals surface area contributed by atoms with E-state index >= 15 is 0 Å². The molecule has 1 aliphatic carbocycles. The fraction of sp³-hybridized carbons (Fsp3) is 0.364. The molecule has 27 heavy (non-hydrogen) atoms. The maximum absolute atomic E-state index is 12.8. The highest BCUT2D eigenvalue weighted by Crippen LogP contribution is 2.44. The van der Waals surface area contributed by atoms with Crippen LogP contribution in [0.15, 0.2) is 34.7 Å². The molecular weight excluding hydrogens is 342 g/mol. The van der Waals surface area contributed by atoms with E-state index in [1.165, 1.54) is 0 Å². The number of aliphatic hydroxyl groups excluding tert-OH is 1. The van der Waals surface area contributed by atoms with Gasteiger partial charge in [-0.25, -0.2) is 9.78 Å². The van der Waals surface area contributed by atoms with Gasteiger partial charge in [-0.2, -0.15) is 0 Å². The first kappa shape index (κ1) is 17.7. The largest absolute Gasteiger partial charge is 0.453 e. The second-order valence-corrected chi connectivity index (χ2v) is 8.12. The van der Waals surface area contributed by atoms with E-state index in [1.54, 1.807) is 13.0 Å². The number of pyridine rings is 1. The van der Waals surface area contributed by atoms with E-state index in [0.717, 1.165) is 16.6 Å². The number of para-hydroxylation sites is 1. The van der Waals surface area contributed by atoms with Crippen molar-refractivity contribution in [2.24, 2.45) is 5.41 Å². The lowest BCUT2D eigenvalue weighted by atomic mass is 9.75.